The SMILES string of the molecule is CC(C)CN(C)C(=O)CCCCCC(=O)C(C)C. The van der Waals surface area contributed by atoms with E-state index in [1.54, 1.807) is 0 Å². The van der Waals surface area contributed by atoms with E-state index in [2.05, 4.69) is 13.8 Å². The molecule has 0 saturated carbocycles. The minimum Gasteiger partial charge on any atom is -0.346 e. The summed E-state index contributed by atoms with van der Waals surface area (Å²) in [6.45, 7) is 8.92. The summed E-state index contributed by atoms with van der Waals surface area (Å²) in [7, 11) is 1.87. The molecule has 0 saturated heterocycles. The zero-order chi connectivity index (χ0) is 14.1. The minimum atomic E-state index is 0.142. The zero-order valence-corrected chi connectivity index (χ0v) is 12.7. The van der Waals surface area contributed by atoms with Crippen LogP contribution in [0.25, 0.3) is 0 Å². The average Bonchev–Trinajstić information content (AvgIpc) is 2.26. The summed E-state index contributed by atoms with van der Waals surface area (Å²) in [6, 6.07) is 0. The van der Waals surface area contributed by atoms with Crippen molar-refractivity contribution in [3.05, 3.63) is 0 Å². The molecular formula is C15H29NO2. The van der Waals surface area contributed by atoms with Gasteiger partial charge in [-0.05, 0) is 18.8 Å². The van der Waals surface area contributed by atoms with Crippen molar-refractivity contribution in [2.45, 2.75) is 59.8 Å². The fraction of sp³-hybridized carbons (Fsp3) is 0.867. The lowest BCUT2D eigenvalue weighted by atomic mass is 10.0. The predicted octanol–water partition coefficient (Wildman–Crippen LogP) is 3.28. The van der Waals surface area contributed by atoms with E-state index < -0.39 is 0 Å². The lowest BCUT2D eigenvalue weighted by Crippen LogP contribution is -2.29. The maximum Gasteiger partial charge on any atom is 0.222 e. The highest BCUT2D eigenvalue weighted by atomic mass is 16.2. The highest BCUT2D eigenvalue weighted by Gasteiger charge is 2.10. The Morgan fingerprint density at radius 2 is 1.50 bits per heavy atom. The molecule has 0 bridgehead atoms. The number of ketones is 1. The number of amides is 1. The molecule has 0 aliphatic carbocycles. The Labute approximate surface area is 112 Å². The van der Waals surface area contributed by atoms with Crippen molar-refractivity contribution in [1.29, 1.82) is 0 Å². The highest BCUT2D eigenvalue weighted by molar-refractivity contribution is 5.80. The van der Waals surface area contributed by atoms with Crippen LogP contribution in [0.15, 0.2) is 0 Å². The van der Waals surface area contributed by atoms with Gasteiger partial charge in [0.15, 0.2) is 0 Å². The molecule has 0 aromatic carbocycles. The Morgan fingerprint density at radius 1 is 0.944 bits per heavy atom. The predicted molar refractivity (Wildman–Crippen MR) is 75.4 cm³/mol. The first-order chi connectivity index (χ1) is 8.34. The third-order valence-corrected chi connectivity index (χ3v) is 3.02. The molecule has 0 aromatic rings. The van der Waals surface area contributed by atoms with Crippen molar-refractivity contribution in [2.75, 3.05) is 13.6 Å². The fourth-order valence-corrected chi connectivity index (χ4v) is 1.88. The Hall–Kier alpha value is -0.860. The molecule has 0 radical (unpaired) electrons. The van der Waals surface area contributed by atoms with E-state index in [1.165, 1.54) is 0 Å². The number of carbonyl (C=O) groups excluding carboxylic acids is 2. The number of carbonyl (C=O) groups is 2. The van der Waals surface area contributed by atoms with Crippen LogP contribution in [0.4, 0.5) is 0 Å². The lowest BCUT2D eigenvalue weighted by Gasteiger charge is -2.19. The van der Waals surface area contributed by atoms with E-state index in [4.69, 9.17) is 0 Å². The molecule has 0 atom stereocenters. The van der Waals surface area contributed by atoms with Crippen LogP contribution >= 0.6 is 0 Å². The molecule has 0 heterocycles. The normalized spacial score (nSPS) is 11.1. The zero-order valence-electron chi connectivity index (χ0n) is 12.7. The van der Waals surface area contributed by atoms with Gasteiger partial charge in [-0.25, -0.2) is 0 Å². The molecule has 3 nitrogen and oxygen atoms in total. The molecular weight excluding hydrogens is 226 g/mol. The Morgan fingerprint density at radius 3 is 2.00 bits per heavy atom. The molecule has 0 aromatic heterocycles. The van der Waals surface area contributed by atoms with Gasteiger partial charge in [-0.2, -0.15) is 0 Å². The van der Waals surface area contributed by atoms with Gasteiger partial charge in [-0.3, -0.25) is 9.59 Å². The average molecular weight is 255 g/mol. The summed E-state index contributed by atoms with van der Waals surface area (Å²) in [6.07, 6.45) is 4.05. The van der Waals surface area contributed by atoms with Crippen LogP contribution in [-0.4, -0.2) is 30.2 Å². The van der Waals surface area contributed by atoms with Crippen LogP contribution in [-0.2, 0) is 9.59 Å². The molecule has 106 valence electrons. The molecule has 0 fully saturated rings. The van der Waals surface area contributed by atoms with E-state index in [0.29, 0.717) is 24.5 Å². The maximum atomic E-state index is 11.7. The topological polar surface area (TPSA) is 37.4 Å². The lowest BCUT2D eigenvalue weighted by molar-refractivity contribution is -0.130. The van der Waals surface area contributed by atoms with Gasteiger partial charge >= 0.3 is 0 Å². The van der Waals surface area contributed by atoms with Crippen LogP contribution in [0.2, 0.25) is 0 Å². The third-order valence-electron chi connectivity index (χ3n) is 3.02. The summed E-state index contributed by atoms with van der Waals surface area (Å²) in [5, 5.41) is 0. The van der Waals surface area contributed by atoms with Crippen molar-refractivity contribution >= 4 is 11.7 Å². The van der Waals surface area contributed by atoms with Gasteiger partial charge < -0.3 is 4.90 Å². The second-order valence-electron chi connectivity index (χ2n) is 5.85. The summed E-state index contributed by atoms with van der Waals surface area (Å²) < 4.78 is 0. The molecule has 0 aliphatic rings. The van der Waals surface area contributed by atoms with E-state index in [9.17, 15) is 9.59 Å². The number of nitrogens with zero attached hydrogens (tertiary/aromatic N) is 1. The van der Waals surface area contributed by atoms with E-state index in [-0.39, 0.29) is 11.8 Å². The van der Waals surface area contributed by atoms with Gasteiger partial charge in [0.2, 0.25) is 5.91 Å². The van der Waals surface area contributed by atoms with Crippen LogP contribution < -0.4 is 0 Å². The molecule has 0 aliphatic heterocycles. The Balaban J connectivity index is 3.60. The van der Waals surface area contributed by atoms with Gasteiger partial charge in [-0.1, -0.05) is 34.1 Å². The van der Waals surface area contributed by atoms with E-state index >= 15 is 0 Å². The van der Waals surface area contributed by atoms with E-state index in [0.717, 1.165) is 25.8 Å². The standard InChI is InChI=1S/C15H29NO2/c1-12(2)11-16(5)15(18)10-8-6-7-9-14(17)13(3)4/h12-13H,6-11H2,1-5H3. The molecule has 3 heteroatoms. The monoisotopic (exact) mass is 255 g/mol. The van der Waals surface area contributed by atoms with Gasteiger partial charge in [0, 0.05) is 32.4 Å². The van der Waals surface area contributed by atoms with Crippen LogP contribution in [0.1, 0.15) is 59.8 Å². The molecule has 18 heavy (non-hydrogen) atoms. The Kier molecular flexibility index (Phi) is 8.69. The molecule has 0 N–H and O–H groups in total. The first-order valence-corrected chi connectivity index (χ1v) is 7.11. The van der Waals surface area contributed by atoms with Crippen molar-refractivity contribution in [1.82, 2.24) is 4.90 Å². The van der Waals surface area contributed by atoms with Crippen molar-refractivity contribution < 1.29 is 9.59 Å². The molecule has 1 amide bonds. The largest absolute Gasteiger partial charge is 0.346 e. The maximum absolute atomic E-state index is 11.7. The summed E-state index contributed by atoms with van der Waals surface area (Å²) >= 11 is 0. The second kappa shape index (κ2) is 9.12. The van der Waals surface area contributed by atoms with Gasteiger partial charge in [0.1, 0.15) is 5.78 Å². The number of hydrogen-bond donors (Lipinski definition) is 0. The number of Topliss-reactive ketones (excluding diaryl/α,β-unsaturated/α-hetero) is 1. The second-order valence-corrected chi connectivity index (χ2v) is 5.85. The third kappa shape index (κ3) is 8.26. The molecule has 0 rings (SSSR count). The first-order valence-electron chi connectivity index (χ1n) is 7.11. The first kappa shape index (κ1) is 17.1. The van der Waals surface area contributed by atoms with Crippen LogP contribution in [0.5, 0.6) is 0 Å². The van der Waals surface area contributed by atoms with E-state index in [1.807, 2.05) is 25.8 Å². The van der Waals surface area contributed by atoms with Crippen molar-refractivity contribution in [2.24, 2.45) is 11.8 Å². The van der Waals surface area contributed by atoms with Crippen LogP contribution in [0.3, 0.4) is 0 Å². The van der Waals surface area contributed by atoms with Crippen LogP contribution in [0, 0.1) is 11.8 Å². The Bertz CT molecular complexity index is 259. The number of rotatable bonds is 9. The van der Waals surface area contributed by atoms with Gasteiger partial charge in [0.25, 0.3) is 0 Å². The van der Waals surface area contributed by atoms with Gasteiger partial charge in [0.05, 0.1) is 0 Å². The van der Waals surface area contributed by atoms with Crippen molar-refractivity contribution in [3.63, 3.8) is 0 Å². The van der Waals surface area contributed by atoms with Gasteiger partial charge in [-0.15, -0.1) is 0 Å². The quantitative estimate of drug-likeness (QED) is 0.593. The number of unbranched alkanes of at least 4 members (excludes halogenated alkanes) is 2. The molecule has 0 spiro atoms. The van der Waals surface area contributed by atoms with Crippen molar-refractivity contribution in [3.8, 4) is 0 Å². The number of hydrogen-bond acceptors (Lipinski definition) is 2. The minimum absolute atomic E-state index is 0.142. The summed E-state index contributed by atoms with van der Waals surface area (Å²) in [5.41, 5.74) is 0. The fourth-order valence-electron chi connectivity index (χ4n) is 1.88. The highest BCUT2D eigenvalue weighted by Crippen LogP contribution is 2.09. The summed E-state index contributed by atoms with van der Waals surface area (Å²) in [4.78, 5) is 24.9. The smallest absolute Gasteiger partial charge is 0.222 e. The summed E-state index contributed by atoms with van der Waals surface area (Å²) in [5.74, 6) is 1.21. The molecule has 0 unspecified atom stereocenters.